The number of aliphatic hydroxyl groups is 1. The zero-order valence-corrected chi connectivity index (χ0v) is 9.73. The zero-order chi connectivity index (χ0) is 11.3. The summed E-state index contributed by atoms with van der Waals surface area (Å²) in [6.07, 6.45) is 0.403. The Bertz CT molecular complexity index is 294. The van der Waals surface area contributed by atoms with Crippen LogP contribution in [0.15, 0.2) is 24.3 Å². The molecule has 1 atom stereocenters. The molecule has 0 saturated carbocycles. The molecule has 0 radical (unpaired) electrons. The van der Waals surface area contributed by atoms with Gasteiger partial charge < -0.3 is 9.84 Å². The first-order valence-electron chi connectivity index (χ1n) is 5.54. The van der Waals surface area contributed by atoms with Gasteiger partial charge in [0.1, 0.15) is 5.75 Å². The van der Waals surface area contributed by atoms with Crippen molar-refractivity contribution in [3.05, 3.63) is 29.8 Å². The summed E-state index contributed by atoms with van der Waals surface area (Å²) in [6, 6.07) is 7.69. The highest BCUT2D eigenvalue weighted by atomic mass is 16.5. The molecule has 1 N–H and O–H groups in total. The fraction of sp³-hybridized carbons (Fsp3) is 0.538. The second-order valence-electron chi connectivity index (χ2n) is 4.15. The lowest BCUT2D eigenvalue weighted by atomic mass is 9.99. The first-order valence-corrected chi connectivity index (χ1v) is 5.54. The van der Waals surface area contributed by atoms with Gasteiger partial charge in [0.2, 0.25) is 0 Å². The van der Waals surface area contributed by atoms with Crippen molar-refractivity contribution in [1.82, 2.24) is 0 Å². The molecule has 2 nitrogen and oxygen atoms in total. The van der Waals surface area contributed by atoms with Gasteiger partial charge in [-0.3, -0.25) is 0 Å². The summed E-state index contributed by atoms with van der Waals surface area (Å²) >= 11 is 0. The van der Waals surface area contributed by atoms with Gasteiger partial charge in [-0.1, -0.05) is 26.0 Å². The molecule has 0 aliphatic heterocycles. The van der Waals surface area contributed by atoms with Gasteiger partial charge in [0.25, 0.3) is 0 Å². The third-order valence-electron chi connectivity index (χ3n) is 2.25. The van der Waals surface area contributed by atoms with E-state index < -0.39 is 0 Å². The van der Waals surface area contributed by atoms with Gasteiger partial charge >= 0.3 is 0 Å². The van der Waals surface area contributed by atoms with Crippen LogP contribution in [0.1, 0.15) is 38.9 Å². The number of hydrogen-bond donors (Lipinski definition) is 1. The van der Waals surface area contributed by atoms with Crippen LogP contribution < -0.4 is 4.74 Å². The normalized spacial score (nSPS) is 12.9. The van der Waals surface area contributed by atoms with E-state index in [1.165, 1.54) is 0 Å². The lowest BCUT2D eigenvalue weighted by Crippen LogP contribution is -2.02. The summed E-state index contributed by atoms with van der Waals surface area (Å²) in [5, 5.41) is 9.93. The fourth-order valence-corrected chi connectivity index (χ4v) is 1.56. The largest absolute Gasteiger partial charge is 0.494 e. The maximum absolute atomic E-state index is 9.93. The molecule has 0 spiro atoms. The van der Waals surface area contributed by atoms with E-state index in [1.54, 1.807) is 0 Å². The van der Waals surface area contributed by atoms with E-state index in [2.05, 4.69) is 13.8 Å². The molecule has 84 valence electrons. The van der Waals surface area contributed by atoms with Crippen molar-refractivity contribution in [3.63, 3.8) is 0 Å². The van der Waals surface area contributed by atoms with Gasteiger partial charge in [0, 0.05) is 0 Å². The smallest absolute Gasteiger partial charge is 0.119 e. The molecule has 1 aromatic rings. The van der Waals surface area contributed by atoms with Crippen molar-refractivity contribution in [1.29, 1.82) is 0 Å². The van der Waals surface area contributed by atoms with E-state index in [0.29, 0.717) is 12.5 Å². The van der Waals surface area contributed by atoms with Crippen molar-refractivity contribution in [2.45, 2.75) is 33.3 Å². The molecule has 1 aromatic carbocycles. The Kier molecular flexibility index (Phi) is 4.63. The van der Waals surface area contributed by atoms with Gasteiger partial charge in [0.05, 0.1) is 12.7 Å². The van der Waals surface area contributed by atoms with Crippen molar-refractivity contribution in [2.75, 3.05) is 6.61 Å². The monoisotopic (exact) mass is 208 g/mol. The lowest BCUT2D eigenvalue weighted by Gasteiger charge is -2.14. The molecule has 1 rings (SSSR count). The Hall–Kier alpha value is -1.02. The molecule has 2 heteroatoms. The van der Waals surface area contributed by atoms with Crippen LogP contribution in [0.5, 0.6) is 5.75 Å². The molecule has 0 amide bonds. The minimum Gasteiger partial charge on any atom is -0.494 e. The molecular weight excluding hydrogens is 188 g/mol. The van der Waals surface area contributed by atoms with Crippen LogP contribution in [0.4, 0.5) is 0 Å². The third-order valence-corrected chi connectivity index (χ3v) is 2.25. The molecule has 15 heavy (non-hydrogen) atoms. The SMILES string of the molecule is CCOc1cccc(C(O)CC(C)C)c1. The highest BCUT2D eigenvalue weighted by Gasteiger charge is 2.10. The summed E-state index contributed by atoms with van der Waals surface area (Å²) in [6.45, 7) is 6.83. The average Bonchev–Trinajstić information content (AvgIpc) is 2.17. The van der Waals surface area contributed by atoms with Gasteiger partial charge in [-0.25, -0.2) is 0 Å². The van der Waals surface area contributed by atoms with E-state index in [-0.39, 0.29) is 6.10 Å². The summed E-state index contributed by atoms with van der Waals surface area (Å²) in [4.78, 5) is 0. The lowest BCUT2D eigenvalue weighted by molar-refractivity contribution is 0.150. The summed E-state index contributed by atoms with van der Waals surface area (Å²) in [5.74, 6) is 1.33. The third kappa shape index (κ3) is 3.92. The van der Waals surface area contributed by atoms with E-state index in [1.807, 2.05) is 31.2 Å². The molecule has 1 unspecified atom stereocenters. The number of aliphatic hydroxyl groups excluding tert-OH is 1. The Morgan fingerprint density at radius 3 is 2.67 bits per heavy atom. The standard InChI is InChI=1S/C13H20O2/c1-4-15-12-7-5-6-11(9-12)13(14)8-10(2)3/h5-7,9-10,13-14H,4,8H2,1-3H3. The second-order valence-corrected chi connectivity index (χ2v) is 4.15. The molecule has 0 aliphatic rings. The minimum absolute atomic E-state index is 0.384. The first-order chi connectivity index (χ1) is 7.13. The molecular formula is C13H20O2. The van der Waals surface area contributed by atoms with Crippen molar-refractivity contribution >= 4 is 0 Å². The van der Waals surface area contributed by atoms with E-state index in [9.17, 15) is 5.11 Å². The van der Waals surface area contributed by atoms with Crippen LogP contribution in [0, 0.1) is 5.92 Å². The van der Waals surface area contributed by atoms with E-state index in [0.717, 1.165) is 17.7 Å². The van der Waals surface area contributed by atoms with Gasteiger partial charge in [0.15, 0.2) is 0 Å². The molecule has 0 saturated heterocycles. The van der Waals surface area contributed by atoms with Gasteiger partial charge in [-0.2, -0.15) is 0 Å². The van der Waals surface area contributed by atoms with Gasteiger partial charge in [-0.15, -0.1) is 0 Å². The van der Waals surface area contributed by atoms with Crippen molar-refractivity contribution < 1.29 is 9.84 Å². The Labute approximate surface area is 91.9 Å². The zero-order valence-electron chi connectivity index (χ0n) is 9.73. The highest BCUT2D eigenvalue weighted by Crippen LogP contribution is 2.24. The fourth-order valence-electron chi connectivity index (χ4n) is 1.56. The number of hydrogen-bond acceptors (Lipinski definition) is 2. The maximum atomic E-state index is 9.93. The first kappa shape index (κ1) is 12.1. The summed E-state index contributed by atoms with van der Waals surface area (Å²) in [7, 11) is 0. The predicted molar refractivity (Wildman–Crippen MR) is 62.0 cm³/mol. The van der Waals surface area contributed by atoms with E-state index in [4.69, 9.17) is 4.74 Å². The molecule has 0 bridgehead atoms. The number of ether oxygens (including phenoxy) is 1. The van der Waals surface area contributed by atoms with Crippen LogP contribution >= 0.6 is 0 Å². The van der Waals surface area contributed by atoms with Crippen LogP contribution in [-0.2, 0) is 0 Å². The molecule has 0 fully saturated rings. The second kappa shape index (κ2) is 5.76. The van der Waals surface area contributed by atoms with Crippen LogP contribution in [0.2, 0.25) is 0 Å². The average molecular weight is 208 g/mol. The van der Waals surface area contributed by atoms with Crippen LogP contribution in [0.25, 0.3) is 0 Å². The number of rotatable bonds is 5. The highest BCUT2D eigenvalue weighted by molar-refractivity contribution is 5.29. The Balaban J connectivity index is 2.71. The summed E-state index contributed by atoms with van der Waals surface area (Å²) < 4.78 is 5.39. The molecule has 0 aromatic heterocycles. The summed E-state index contributed by atoms with van der Waals surface area (Å²) in [5.41, 5.74) is 0.939. The Morgan fingerprint density at radius 2 is 2.07 bits per heavy atom. The topological polar surface area (TPSA) is 29.5 Å². The number of benzene rings is 1. The quantitative estimate of drug-likeness (QED) is 0.805. The van der Waals surface area contributed by atoms with Crippen LogP contribution in [-0.4, -0.2) is 11.7 Å². The molecule has 0 heterocycles. The Morgan fingerprint density at radius 1 is 1.33 bits per heavy atom. The van der Waals surface area contributed by atoms with Crippen LogP contribution in [0.3, 0.4) is 0 Å². The van der Waals surface area contributed by atoms with Crippen molar-refractivity contribution in [3.8, 4) is 5.75 Å². The van der Waals surface area contributed by atoms with Crippen molar-refractivity contribution in [2.24, 2.45) is 5.92 Å². The van der Waals surface area contributed by atoms with E-state index >= 15 is 0 Å². The van der Waals surface area contributed by atoms with Gasteiger partial charge in [-0.05, 0) is 37.0 Å². The minimum atomic E-state index is -0.384. The molecule has 0 aliphatic carbocycles. The maximum Gasteiger partial charge on any atom is 0.119 e. The predicted octanol–water partition coefficient (Wildman–Crippen LogP) is 3.16.